The van der Waals surface area contributed by atoms with Crippen molar-refractivity contribution in [2.24, 2.45) is 0 Å². The SMILES string of the molecule is O=C(Cn1nc2c(c1NC(=O)c1ccc(Cl)cc1)CSC2)NCc1ccc(F)cc1. The molecule has 2 aromatic carbocycles. The molecule has 9 heteroatoms. The lowest BCUT2D eigenvalue weighted by molar-refractivity contribution is -0.122. The minimum atomic E-state index is -0.324. The Labute approximate surface area is 181 Å². The van der Waals surface area contributed by atoms with Gasteiger partial charge in [-0.2, -0.15) is 16.9 Å². The highest BCUT2D eigenvalue weighted by Gasteiger charge is 2.25. The van der Waals surface area contributed by atoms with Crippen molar-refractivity contribution in [1.82, 2.24) is 15.1 Å². The number of amides is 2. The van der Waals surface area contributed by atoms with Crippen LogP contribution in [-0.2, 0) is 29.4 Å². The number of nitrogens with one attached hydrogen (secondary N) is 2. The summed E-state index contributed by atoms with van der Waals surface area (Å²) in [4.78, 5) is 25.1. The van der Waals surface area contributed by atoms with Gasteiger partial charge in [0.15, 0.2) is 0 Å². The fourth-order valence-corrected chi connectivity index (χ4v) is 4.26. The molecule has 6 nitrogen and oxygen atoms in total. The lowest BCUT2D eigenvalue weighted by Crippen LogP contribution is -2.28. The first kappa shape index (κ1) is 20.4. The van der Waals surface area contributed by atoms with E-state index >= 15 is 0 Å². The number of anilines is 1. The minimum absolute atomic E-state index is 0.0326. The summed E-state index contributed by atoms with van der Waals surface area (Å²) in [5, 5.41) is 10.7. The van der Waals surface area contributed by atoms with E-state index in [1.807, 2.05) is 0 Å². The molecule has 2 amide bonds. The third kappa shape index (κ3) is 4.66. The number of rotatable bonds is 6. The molecule has 2 heterocycles. The van der Waals surface area contributed by atoms with E-state index in [9.17, 15) is 14.0 Å². The van der Waals surface area contributed by atoms with Gasteiger partial charge in [0.05, 0.1) is 5.69 Å². The first-order valence-corrected chi connectivity index (χ1v) is 10.8. The average Bonchev–Trinajstić information content (AvgIpc) is 3.31. The summed E-state index contributed by atoms with van der Waals surface area (Å²) in [5.41, 5.74) is 3.07. The normalized spacial score (nSPS) is 12.5. The van der Waals surface area contributed by atoms with Crippen LogP contribution in [0.15, 0.2) is 48.5 Å². The van der Waals surface area contributed by atoms with Crippen LogP contribution >= 0.6 is 23.4 Å². The number of benzene rings is 2. The van der Waals surface area contributed by atoms with E-state index in [4.69, 9.17) is 11.6 Å². The van der Waals surface area contributed by atoms with Crippen molar-refractivity contribution < 1.29 is 14.0 Å². The van der Waals surface area contributed by atoms with Gasteiger partial charge in [0.25, 0.3) is 5.91 Å². The third-order valence-electron chi connectivity index (χ3n) is 4.65. The van der Waals surface area contributed by atoms with Crippen molar-refractivity contribution in [3.63, 3.8) is 0 Å². The number of carbonyl (C=O) groups excluding carboxylic acids is 2. The second-order valence-corrected chi connectivity index (χ2v) is 8.21. The van der Waals surface area contributed by atoms with Crippen LogP contribution in [-0.4, -0.2) is 21.6 Å². The quantitative estimate of drug-likeness (QED) is 0.602. The van der Waals surface area contributed by atoms with Crippen molar-refractivity contribution in [1.29, 1.82) is 0 Å². The van der Waals surface area contributed by atoms with Crippen LogP contribution < -0.4 is 10.6 Å². The van der Waals surface area contributed by atoms with Crippen LogP contribution in [0.25, 0.3) is 0 Å². The maximum Gasteiger partial charge on any atom is 0.256 e. The van der Waals surface area contributed by atoms with Gasteiger partial charge in [-0.25, -0.2) is 9.07 Å². The first-order chi connectivity index (χ1) is 14.5. The number of carbonyl (C=O) groups is 2. The van der Waals surface area contributed by atoms with Crippen molar-refractivity contribution in [3.05, 3.63) is 81.8 Å². The number of fused-ring (bicyclic) bond motifs is 1. The molecule has 4 rings (SSSR count). The molecule has 1 aromatic heterocycles. The summed E-state index contributed by atoms with van der Waals surface area (Å²) in [6, 6.07) is 12.5. The fourth-order valence-electron chi connectivity index (χ4n) is 3.10. The highest BCUT2D eigenvalue weighted by atomic mass is 35.5. The van der Waals surface area contributed by atoms with E-state index in [0.29, 0.717) is 16.4 Å². The molecule has 0 fully saturated rings. The second kappa shape index (κ2) is 8.89. The Hall–Kier alpha value is -2.84. The Balaban J connectivity index is 1.46. The zero-order valence-electron chi connectivity index (χ0n) is 15.8. The smallest absolute Gasteiger partial charge is 0.256 e. The highest BCUT2D eigenvalue weighted by Crippen LogP contribution is 2.34. The van der Waals surface area contributed by atoms with Gasteiger partial charge in [-0.05, 0) is 42.0 Å². The van der Waals surface area contributed by atoms with Crippen molar-refractivity contribution >= 4 is 41.0 Å². The topological polar surface area (TPSA) is 76.0 Å². The number of hydrogen-bond donors (Lipinski definition) is 2. The standard InChI is InChI=1S/C21H18ClFN4O2S/c22-15-5-3-14(4-6-15)21(29)25-20-17-11-30-12-18(17)26-27(20)10-19(28)24-9-13-1-7-16(23)8-2-13/h1-8H,9-12H2,(H,24,28)(H,25,29). The molecule has 0 aliphatic carbocycles. The molecule has 0 saturated carbocycles. The Morgan fingerprint density at radius 2 is 1.83 bits per heavy atom. The molecule has 0 spiro atoms. The number of nitrogens with zero attached hydrogens (tertiary/aromatic N) is 2. The van der Waals surface area contributed by atoms with E-state index in [-0.39, 0.29) is 30.7 Å². The molecule has 1 aliphatic rings. The van der Waals surface area contributed by atoms with E-state index in [2.05, 4.69) is 15.7 Å². The molecule has 0 unspecified atom stereocenters. The molecule has 3 aromatic rings. The van der Waals surface area contributed by atoms with Gasteiger partial charge in [-0.3, -0.25) is 9.59 Å². The zero-order valence-corrected chi connectivity index (χ0v) is 17.4. The Bertz CT molecular complexity index is 1080. The van der Waals surface area contributed by atoms with Gasteiger partial charge in [-0.15, -0.1) is 0 Å². The van der Waals surface area contributed by atoms with E-state index in [1.54, 1.807) is 48.2 Å². The average molecular weight is 445 g/mol. The number of aromatic nitrogens is 2. The molecule has 0 atom stereocenters. The van der Waals surface area contributed by atoms with Crippen molar-refractivity contribution in [2.75, 3.05) is 5.32 Å². The predicted molar refractivity (Wildman–Crippen MR) is 115 cm³/mol. The minimum Gasteiger partial charge on any atom is -0.350 e. The largest absolute Gasteiger partial charge is 0.350 e. The molecule has 2 N–H and O–H groups in total. The van der Waals surface area contributed by atoms with Crippen LogP contribution in [0.2, 0.25) is 5.02 Å². The fraction of sp³-hybridized carbons (Fsp3) is 0.190. The van der Waals surface area contributed by atoms with Crippen LogP contribution in [0, 0.1) is 5.82 Å². The molecule has 0 radical (unpaired) electrons. The summed E-state index contributed by atoms with van der Waals surface area (Å²) in [7, 11) is 0. The zero-order chi connectivity index (χ0) is 21.1. The van der Waals surface area contributed by atoms with Gasteiger partial charge in [-0.1, -0.05) is 23.7 Å². The Kier molecular flexibility index (Phi) is 6.06. The lowest BCUT2D eigenvalue weighted by atomic mass is 10.2. The number of halogens is 2. The first-order valence-electron chi connectivity index (χ1n) is 9.24. The van der Waals surface area contributed by atoms with E-state index < -0.39 is 0 Å². The van der Waals surface area contributed by atoms with Gasteiger partial charge in [0.1, 0.15) is 18.2 Å². The van der Waals surface area contributed by atoms with Gasteiger partial charge in [0, 0.05) is 34.2 Å². The van der Waals surface area contributed by atoms with E-state index in [0.717, 1.165) is 28.3 Å². The number of thioether (sulfide) groups is 1. The summed E-state index contributed by atoms with van der Waals surface area (Å²) in [6.07, 6.45) is 0. The Morgan fingerprint density at radius 3 is 2.57 bits per heavy atom. The van der Waals surface area contributed by atoms with Crippen LogP contribution in [0.3, 0.4) is 0 Å². The summed E-state index contributed by atoms with van der Waals surface area (Å²) < 4.78 is 14.5. The molecule has 154 valence electrons. The molecule has 0 saturated heterocycles. The van der Waals surface area contributed by atoms with Crippen LogP contribution in [0.5, 0.6) is 0 Å². The molecular formula is C21H18ClFN4O2S. The summed E-state index contributed by atoms with van der Waals surface area (Å²) in [5.74, 6) is 1.13. The Morgan fingerprint density at radius 1 is 1.10 bits per heavy atom. The van der Waals surface area contributed by atoms with Gasteiger partial charge < -0.3 is 10.6 Å². The second-order valence-electron chi connectivity index (χ2n) is 6.79. The molecule has 0 bridgehead atoms. The summed E-state index contributed by atoms with van der Waals surface area (Å²) >= 11 is 7.60. The lowest BCUT2D eigenvalue weighted by Gasteiger charge is -2.11. The van der Waals surface area contributed by atoms with Crippen molar-refractivity contribution in [3.8, 4) is 0 Å². The van der Waals surface area contributed by atoms with Crippen LogP contribution in [0.4, 0.5) is 10.2 Å². The summed E-state index contributed by atoms with van der Waals surface area (Å²) in [6.45, 7) is 0.248. The molecule has 1 aliphatic heterocycles. The van der Waals surface area contributed by atoms with Gasteiger partial charge >= 0.3 is 0 Å². The monoisotopic (exact) mass is 444 g/mol. The van der Waals surface area contributed by atoms with Crippen molar-refractivity contribution in [2.45, 2.75) is 24.6 Å². The molecule has 30 heavy (non-hydrogen) atoms. The highest BCUT2D eigenvalue weighted by molar-refractivity contribution is 7.98. The third-order valence-corrected chi connectivity index (χ3v) is 5.88. The predicted octanol–water partition coefficient (Wildman–Crippen LogP) is 3.99. The maximum absolute atomic E-state index is 13.0. The maximum atomic E-state index is 13.0. The number of hydrogen-bond acceptors (Lipinski definition) is 4. The van der Waals surface area contributed by atoms with Gasteiger partial charge in [0.2, 0.25) is 5.91 Å². The molecular weight excluding hydrogens is 427 g/mol. The van der Waals surface area contributed by atoms with E-state index in [1.165, 1.54) is 16.8 Å². The van der Waals surface area contributed by atoms with Crippen LogP contribution in [0.1, 0.15) is 27.2 Å².